The molecule has 2 aliphatic carbocycles. The Hall–Kier alpha value is -2.48. The lowest BCUT2D eigenvalue weighted by atomic mass is 9.60. The van der Waals surface area contributed by atoms with Crippen LogP contribution >= 0.6 is 0 Å². The maximum Gasteiger partial charge on any atom is 0.341 e. The van der Waals surface area contributed by atoms with E-state index in [0.717, 1.165) is 25.3 Å². The number of pyridine rings is 2. The van der Waals surface area contributed by atoms with Gasteiger partial charge < -0.3 is 20.3 Å². The van der Waals surface area contributed by atoms with Crippen LogP contribution in [0.5, 0.6) is 0 Å². The Kier molecular flexibility index (Phi) is 3.26. The average Bonchev–Trinajstić information content (AvgIpc) is 3.39. The number of hydrogen-bond acceptors (Lipinski definition) is 5. The summed E-state index contributed by atoms with van der Waals surface area (Å²) in [6, 6.07) is 1.39. The predicted octanol–water partition coefficient (Wildman–Crippen LogP) is 1.74. The number of carboxylic acids is 1. The van der Waals surface area contributed by atoms with Crippen LogP contribution in [0.2, 0.25) is 0 Å². The van der Waals surface area contributed by atoms with Crippen LogP contribution in [0.1, 0.15) is 42.6 Å². The largest absolute Gasteiger partial charge is 0.477 e. The zero-order chi connectivity index (χ0) is 19.1. The summed E-state index contributed by atoms with van der Waals surface area (Å²) in [5.41, 5.74) is 5.51. The molecular weight excluding hydrogens is 351 g/mol. The molecule has 0 aromatic carbocycles. The number of carbonyl (C=O) groups is 1. The van der Waals surface area contributed by atoms with Gasteiger partial charge in [-0.3, -0.25) is 4.79 Å². The van der Waals surface area contributed by atoms with Crippen LogP contribution in [0.4, 0.5) is 10.2 Å². The van der Waals surface area contributed by atoms with Gasteiger partial charge in [-0.2, -0.15) is 0 Å². The van der Waals surface area contributed by atoms with Crippen molar-refractivity contribution in [2.24, 2.45) is 17.1 Å². The Bertz CT molecular complexity index is 1050. The molecule has 0 bridgehead atoms. The van der Waals surface area contributed by atoms with Gasteiger partial charge in [0.2, 0.25) is 5.43 Å². The van der Waals surface area contributed by atoms with E-state index in [-0.39, 0.29) is 34.3 Å². The molecule has 5 rings (SSSR count). The van der Waals surface area contributed by atoms with E-state index >= 15 is 0 Å². The number of carboxylic acid groups (broad SMARTS) is 1. The lowest BCUT2D eigenvalue weighted by Crippen LogP contribution is -2.53. The second kappa shape index (κ2) is 5.28. The first-order valence-electron chi connectivity index (χ1n) is 9.28. The van der Waals surface area contributed by atoms with Crippen molar-refractivity contribution in [2.75, 3.05) is 18.0 Å². The van der Waals surface area contributed by atoms with Gasteiger partial charge in [-0.05, 0) is 36.7 Å². The summed E-state index contributed by atoms with van der Waals surface area (Å²) in [6.45, 7) is 3.49. The SMILES string of the molecule is C[C@]12C[C@H](N)[C@H]1CN(c1nc3c(cc1F)c(=O)c(C(=O)O)cn3C1CC1)C2. The number of fused-ring (bicyclic) bond motifs is 2. The van der Waals surface area contributed by atoms with Crippen molar-refractivity contribution in [2.45, 2.75) is 38.3 Å². The summed E-state index contributed by atoms with van der Waals surface area (Å²) in [6.07, 6.45) is 4.05. The lowest BCUT2D eigenvalue weighted by Gasteiger charge is -2.46. The third-order valence-electron chi connectivity index (χ3n) is 6.49. The molecular formula is C19H21FN4O3. The van der Waals surface area contributed by atoms with Crippen LogP contribution in [-0.2, 0) is 0 Å². The highest BCUT2D eigenvalue weighted by Gasteiger charge is 2.55. The Morgan fingerprint density at radius 3 is 2.78 bits per heavy atom. The fourth-order valence-corrected chi connectivity index (χ4v) is 4.87. The molecule has 1 saturated heterocycles. The van der Waals surface area contributed by atoms with Gasteiger partial charge >= 0.3 is 5.97 Å². The Balaban J connectivity index is 1.67. The quantitative estimate of drug-likeness (QED) is 0.851. The van der Waals surface area contributed by atoms with Crippen LogP contribution in [0.3, 0.4) is 0 Å². The first-order valence-corrected chi connectivity index (χ1v) is 9.28. The first-order chi connectivity index (χ1) is 12.8. The lowest BCUT2D eigenvalue weighted by molar-refractivity contribution is 0.0694. The molecule has 0 amide bonds. The minimum atomic E-state index is -1.31. The molecule has 2 saturated carbocycles. The van der Waals surface area contributed by atoms with E-state index < -0.39 is 17.2 Å². The number of aromatic carboxylic acids is 1. The summed E-state index contributed by atoms with van der Waals surface area (Å²) >= 11 is 0. The van der Waals surface area contributed by atoms with Gasteiger partial charge in [0.1, 0.15) is 11.2 Å². The molecule has 3 atom stereocenters. The number of aromatic nitrogens is 2. The van der Waals surface area contributed by atoms with Crippen molar-refractivity contribution in [1.82, 2.24) is 9.55 Å². The van der Waals surface area contributed by atoms with E-state index in [1.54, 1.807) is 4.57 Å². The summed E-state index contributed by atoms with van der Waals surface area (Å²) in [5.74, 6) is -1.36. The van der Waals surface area contributed by atoms with Crippen LogP contribution in [0.15, 0.2) is 17.1 Å². The molecule has 3 N–H and O–H groups in total. The molecule has 2 aromatic rings. The predicted molar refractivity (Wildman–Crippen MR) is 97.6 cm³/mol. The fraction of sp³-hybridized carbons (Fsp3) is 0.526. The van der Waals surface area contributed by atoms with E-state index in [1.807, 2.05) is 4.90 Å². The molecule has 142 valence electrons. The molecule has 27 heavy (non-hydrogen) atoms. The van der Waals surface area contributed by atoms with Gasteiger partial charge in [-0.1, -0.05) is 6.92 Å². The van der Waals surface area contributed by atoms with Gasteiger partial charge in [0.25, 0.3) is 0 Å². The number of rotatable bonds is 3. The van der Waals surface area contributed by atoms with Crippen molar-refractivity contribution in [3.8, 4) is 0 Å². The smallest absolute Gasteiger partial charge is 0.341 e. The first kappa shape index (κ1) is 16.7. The monoisotopic (exact) mass is 372 g/mol. The van der Waals surface area contributed by atoms with E-state index in [9.17, 15) is 19.1 Å². The Labute approximate surface area is 154 Å². The minimum Gasteiger partial charge on any atom is -0.477 e. The van der Waals surface area contributed by atoms with Crippen molar-refractivity contribution in [1.29, 1.82) is 0 Å². The highest BCUT2D eigenvalue weighted by Crippen LogP contribution is 2.51. The summed E-state index contributed by atoms with van der Waals surface area (Å²) in [5, 5.41) is 9.34. The summed E-state index contributed by atoms with van der Waals surface area (Å²) in [4.78, 5) is 30.4. The van der Waals surface area contributed by atoms with Crippen LogP contribution < -0.4 is 16.1 Å². The van der Waals surface area contributed by atoms with Crippen molar-refractivity contribution in [3.63, 3.8) is 0 Å². The van der Waals surface area contributed by atoms with E-state index in [4.69, 9.17) is 5.73 Å². The summed E-state index contributed by atoms with van der Waals surface area (Å²) in [7, 11) is 0. The number of hydrogen-bond donors (Lipinski definition) is 2. The number of nitrogens with zero attached hydrogens (tertiary/aromatic N) is 3. The topological polar surface area (TPSA) is 101 Å². The van der Waals surface area contributed by atoms with Crippen molar-refractivity contribution in [3.05, 3.63) is 33.9 Å². The van der Waals surface area contributed by atoms with E-state index in [0.29, 0.717) is 24.7 Å². The molecule has 3 heterocycles. The summed E-state index contributed by atoms with van der Waals surface area (Å²) < 4.78 is 16.6. The molecule has 3 fully saturated rings. The minimum absolute atomic E-state index is 0.0214. The molecule has 0 radical (unpaired) electrons. The normalized spacial score (nSPS) is 29.7. The van der Waals surface area contributed by atoms with Crippen molar-refractivity contribution >= 4 is 22.8 Å². The second-order valence-electron chi connectivity index (χ2n) is 8.49. The zero-order valence-electron chi connectivity index (χ0n) is 15.0. The molecule has 1 aliphatic heterocycles. The Morgan fingerprint density at radius 1 is 1.44 bits per heavy atom. The third-order valence-corrected chi connectivity index (χ3v) is 6.49. The van der Waals surface area contributed by atoms with Gasteiger partial charge in [0.05, 0.1) is 5.39 Å². The highest BCUT2D eigenvalue weighted by atomic mass is 19.1. The molecule has 3 aliphatic rings. The highest BCUT2D eigenvalue weighted by molar-refractivity contribution is 5.92. The molecule has 8 heteroatoms. The number of nitrogens with two attached hydrogens (primary N) is 1. The van der Waals surface area contributed by atoms with Gasteiger partial charge in [0, 0.05) is 31.4 Å². The van der Waals surface area contributed by atoms with Gasteiger partial charge in [-0.15, -0.1) is 0 Å². The molecule has 2 aromatic heterocycles. The van der Waals surface area contributed by atoms with E-state index in [1.165, 1.54) is 6.20 Å². The standard InChI is InChI=1S/C19H21FN4O3/c1-19-5-14(21)12(19)7-23(8-19)17-13(20)4-10-15(25)11(18(26)27)6-24(9-2-3-9)16(10)22-17/h4,6,9,12,14H,2-3,5,7-8,21H2,1H3,(H,26,27)/t12-,14+,19-/m1/s1. The molecule has 0 spiro atoms. The van der Waals surface area contributed by atoms with Crippen LogP contribution in [0, 0.1) is 17.2 Å². The zero-order valence-corrected chi connectivity index (χ0v) is 15.0. The van der Waals surface area contributed by atoms with Gasteiger partial charge in [0.15, 0.2) is 11.6 Å². The van der Waals surface area contributed by atoms with Crippen molar-refractivity contribution < 1.29 is 14.3 Å². The fourth-order valence-electron chi connectivity index (χ4n) is 4.87. The molecule has 0 unspecified atom stereocenters. The Morgan fingerprint density at radius 2 is 2.19 bits per heavy atom. The van der Waals surface area contributed by atoms with Crippen LogP contribution in [0.25, 0.3) is 11.0 Å². The maximum absolute atomic E-state index is 14.9. The molecule has 7 nitrogen and oxygen atoms in total. The number of halogens is 1. The van der Waals surface area contributed by atoms with Gasteiger partial charge in [-0.25, -0.2) is 14.2 Å². The number of anilines is 1. The van der Waals surface area contributed by atoms with Crippen LogP contribution in [-0.4, -0.2) is 39.8 Å². The maximum atomic E-state index is 14.9. The van der Waals surface area contributed by atoms with E-state index in [2.05, 4.69) is 11.9 Å². The second-order valence-corrected chi connectivity index (χ2v) is 8.49. The average molecular weight is 372 g/mol. The third kappa shape index (κ3) is 2.32.